The number of nitrogens with two attached hydrogens (primary N) is 2. The van der Waals surface area contributed by atoms with Gasteiger partial charge >= 0.3 is 17.9 Å². The van der Waals surface area contributed by atoms with Crippen LogP contribution in [0.4, 0.5) is 11.4 Å². The molecule has 0 atom stereocenters. The van der Waals surface area contributed by atoms with E-state index in [0.717, 1.165) is 56.3 Å². The topological polar surface area (TPSA) is 140 Å². The summed E-state index contributed by atoms with van der Waals surface area (Å²) in [4.78, 5) is 36.7. The number of benzene rings is 3. The third-order valence-electron chi connectivity index (χ3n) is 6.84. The van der Waals surface area contributed by atoms with Gasteiger partial charge in [0, 0.05) is 17.5 Å². The summed E-state index contributed by atoms with van der Waals surface area (Å²) >= 11 is 0. The Morgan fingerprint density at radius 1 is 0.622 bits per heavy atom. The lowest BCUT2D eigenvalue weighted by atomic mass is 10.1. The average Bonchev–Trinajstić information content (AvgIpc) is 3.03. The van der Waals surface area contributed by atoms with Crippen molar-refractivity contribution in [3.05, 3.63) is 89.5 Å². The van der Waals surface area contributed by atoms with Crippen molar-refractivity contribution in [2.75, 3.05) is 31.3 Å². The SMILES string of the molecule is CCCCCCOc1ccc(OC(=O)C=Cc2ccc(C(=O)OCCCCCCCOC(=O)c3cc(N)cc(N)c3)cc2)cc1. The summed E-state index contributed by atoms with van der Waals surface area (Å²) < 4.78 is 21.7. The van der Waals surface area contributed by atoms with Crippen LogP contribution in [0, 0.1) is 0 Å². The zero-order chi connectivity index (χ0) is 32.3. The zero-order valence-electron chi connectivity index (χ0n) is 26.0. The minimum atomic E-state index is -0.504. The molecular formula is C36H44N2O7. The predicted molar refractivity (Wildman–Crippen MR) is 176 cm³/mol. The maximum absolute atomic E-state index is 12.4. The van der Waals surface area contributed by atoms with E-state index in [9.17, 15) is 14.4 Å². The number of hydrogen-bond donors (Lipinski definition) is 2. The van der Waals surface area contributed by atoms with Crippen LogP contribution in [0.25, 0.3) is 6.08 Å². The lowest BCUT2D eigenvalue weighted by Gasteiger charge is -2.07. The van der Waals surface area contributed by atoms with Crippen molar-refractivity contribution in [2.24, 2.45) is 0 Å². The van der Waals surface area contributed by atoms with Crippen LogP contribution < -0.4 is 20.9 Å². The van der Waals surface area contributed by atoms with Crippen LogP contribution in [0.1, 0.15) is 91.0 Å². The highest BCUT2D eigenvalue weighted by molar-refractivity contribution is 5.92. The van der Waals surface area contributed by atoms with Crippen molar-refractivity contribution in [3.8, 4) is 11.5 Å². The fraction of sp³-hybridized carbons (Fsp3) is 0.361. The molecule has 0 spiro atoms. The molecule has 0 fully saturated rings. The second-order valence-electron chi connectivity index (χ2n) is 10.7. The highest BCUT2D eigenvalue weighted by atomic mass is 16.5. The molecule has 0 aliphatic heterocycles. The molecule has 3 aromatic carbocycles. The first-order chi connectivity index (χ1) is 21.8. The first-order valence-electron chi connectivity index (χ1n) is 15.6. The van der Waals surface area contributed by atoms with Gasteiger partial charge in [-0.2, -0.15) is 0 Å². The molecule has 0 saturated heterocycles. The molecule has 3 rings (SSSR count). The largest absolute Gasteiger partial charge is 0.494 e. The molecule has 0 unspecified atom stereocenters. The molecule has 0 amide bonds. The third kappa shape index (κ3) is 13.6. The van der Waals surface area contributed by atoms with Gasteiger partial charge in [-0.1, -0.05) is 57.6 Å². The van der Waals surface area contributed by atoms with Gasteiger partial charge in [-0.3, -0.25) is 0 Å². The van der Waals surface area contributed by atoms with Crippen molar-refractivity contribution in [2.45, 2.75) is 64.7 Å². The van der Waals surface area contributed by atoms with Crippen LogP contribution in [-0.4, -0.2) is 37.7 Å². The number of anilines is 2. The fourth-order valence-electron chi connectivity index (χ4n) is 4.39. The van der Waals surface area contributed by atoms with E-state index in [-0.39, 0.29) is 0 Å². The normalized spacial score (nSPS) is 10.9. The van der Waals surface area contributed by atoms with Gasteiger partial charge in [0.2, 0.25) is 0 Å². The lowest BCUT2D eigenvalue weighted by molar-refractivity contribution is -0.128. The Balaban J connectivity index is 1.25. The van der Waals surface area contributed by atoms with E-state index in [0.29, 0.717) is 48.1 Å². The Kier molecular flexibility index (Phi) is 15.0. The van der Waals surface area contributed by atoms with E-state index in [1.165, 1.54) is 18.9 Å². The second kappa shape index (κ2) is 19.5. The van der Waals surface area contributed by atoms with E-state index < -0.39 is 17.9 Å². The number of rotatable bonds is 19. The Morgan fingerprint density at radius 2 is 1.16 bits per heavy atom. The maximum Gasteiger partial charge on any atom is 0.338 e. The second-order valence-corrected chi connectivity index (χ2v) is 10.7. The first kappa shape index (κ1) is 34.7. The minimum Gasteiger partial charge on any atom is -0.494 e. The van der Waals surface area contributed by atoms with Crippen molar-refractivity contribution >= 4 is 35.4 Å². The Hall–Kier alpha value is -4.79. The molecule has 9 nitrogen and oxygen atoms in total. The van der Waals surface area contributed by atoms with Crippen LogP contribution in [0.5, 0.6) is 11.5 Å². The standard InChI is InChI=1S/C36H44N2O7/c1-2-3-4-8-21-42-32-16-18-33(19-17-32)45-34(39)20-13-27-11-14-28(15-12-27)35(40)43-22-9-6-5-7-10-23-44-36(41)29-24-30(37)26-31(38)25-29/h11-20,24-26H,2-10,21-23,37-38H2,1H3. The summed E-state index contributed by atoms with van der Waals surface area (Å²) in [6.45, 7) is 3.49. The monoisotopic (exact) mass is 616 g/mol. The molecular weight excluding hydrogens is 572 g/mol. The third-order valence-corrected chi connectivity index (χ3v) is 6.84. The maximum atomic E-state index is 12.4. The number of carbonyl (C=O) groups excluding carboxylic acids is 3. The molecule has 0 radical (unpaired) electrons. The van der Waals surface area contributed by atoms with E-state index in [4.69, 9.17) is 30.4 Å². The number of unbranched alkanes of at least 4 members (excludes halogenated alkanes) is 7. The lowest BCUT2D eigenvalue weighted by Crippen LogP contribution is -2.08. The van der Waals surface area contributed by atoms with Gasteiger partial charge in [-0.25, -0.2) is 14.4 Å². The zero-order valence-corrected chi connectivity index (χ0v) is 26.0. The molecule has 45 heavy (non-hydrogen) atoms. The minimum absolute atomic E-state index is 0.317. The summed E-state index contributed by atoms with van der Waals surface area (Å²) in [6, 6.07) is 18.4. The van der Waals surface area contributed by atoms with Crippen LogP contribution in [0.2, 0.25) is 0 Å². The number of esters is 3. The summed E-state index contributed by atoms with van der Waals surface area (Å²) in [5, 5.41) is 0. The van der Waals surface area contributed by atoms with E-state index in [1.807, 2.05) is 0 Å². The van der Waals surface area contributed by atoms with Gasteiger partial charge in [0.1, 0.15) is 11.5 Å². The molecule has 0 aliphatic rings. The Labute approximate surface area is 265 Å². The Bertz CT molecular complexity index is 1370. The summed E-state index contributed by atoms with van der Waals surface area (Å²) in [6.07, 6.45) is 11.7. The first-order valence-corrected chi connectivity index (χ1v) is 15.6. The molecule has 0 saturated carbocycles. The summed E-state index contributed by atoms with van der Waals surface area (Å²) in [5.41, 5.74) is 13.8. The number of ether oxygens (including phenoxy) is 4. The Morgan fingerprint density at radius 3 is 1.78 bits per heavy atom. The molecule has 0 heterocycles. The van der Waals surface area contributed by atoms with Gasteiger partial charge in [-0.05, 0) is 85.5 Å². The summed E-state index contributed by atoms with van der Waals surface area (Å²) in [5.74, 6) is -0.161. The van der Waals surface area contributed by atoms with Gasteiger partial charge in [-0.15, -0.1) is 0 Å². The van der Waals surface area contributed by atoms with Crippen molar-refractivity contribution in [1.82, 2.24) is 0 Å². The number of nitrogen functional groups attached to an aromatic ring is 2. The van der Waals surface area contributed by atoms with E-state index >= 15 is 0 Å². The van der Waals surface area contributed by atoms with Crippen LogP contribution in [0.15, 0.2) is 72.8 Å². The molecule has 0 bridgehead atoms. The molecule has 0 aromatic heterocycles. The summed E-state index contributed by atoms with van der Waals surface area (Å²) in [7, 11) is 0. The average molecular weight is 617 g/mol. The van der Waals surface area contributed by atoms with E-state index in [1.54, 1.807) is 72.8 Å². The van der Waals surface area contributed by atoms with Gasteiger partial charge in [0.25, 0.3) is 0 Å². The molecule has 3 aromatic rings. The van der Waals surface area contributed by atoms with Crippen molar-refractivity contribution in [3.63, 3.8) is 0 Å². The highest BCUT2D eigenvalue weighted by Gasteiger charge is 2.09. The molecule has 4 N–H and O–H groups in total. The van der Waals surface area contributed by atoms with Gasteiger partial charge in [0.05, 0.1) is 30.9 Å². The number of hydrogen-bond acceptors (Lipinski definition) is 9. The predicted octanol–water partition coefficient (Wildman–Crippen LogP) is 7.39. The van der Waals surface area contributed by atoms with Crippen molar-refractivity contribution in [1.29, 1.82) is 0 Å². The van der Waals surface area contributed by atoms with Crippen molar-refractivity contribution < 1.29 is 33.3 Å². The molecule has 0 aliphatic carbocycles. The molecule has 9 heteroatoms. The smallest absolute Gasteiger partial charge is 0.338 e. The molecule has 240 valence electrons. The van der Waals surface area contributed by atoms with Crippen LogP contribution in [0.3, 0.4) is 0 Å². The van der Waals surface area contributed by atoms with E-state index in [2.05, 4.69) is 6.92 Å². The van der Waals surface area contributed by atoms with Gasteiger partial charge in [0.15, 0.2) is 0 Å². The van der Waals surface area contributed by atoms with Crippen LogP contribution >= 0.6 is 0 Å². The van der Waals surface area contributed by atoms with Gasteiger partial charge < -0.3 is 30.4 Å². The van der Waals surface area contributed by atoms with Crippen LogP contribution in [-0.2, 0) is 14.3 Å². The quantitative estimate of drug-likeness (QED) is 0.0463. The number of carbonyl (C=O) groups is 3. The fourth-order valence-corrected chi connectivity index (χ4v) is 4.39. The highest BCUT2D eigenvalue weighted by Crippen LogP contribution is 2.19.